The molecule has 1 aromatic rings. The third-order valence-corrected chi connectivity index (χ3v) is 5.23. The molecule has 2 atom stereocenters. The molecule has 1 aromatic carbocycles. The van der Waals surface area contributed by atoms with E-state index in [2.05, 4.69) is 26.1 Å². The number of ether oxygens (including phenoxy) is 1. The van der Waals surface area contributed by atoms with Crippen LogP contribution in [0.1, 0.15) is 32.1 Å². The maximum Gasteiger partial charge on any atom is 0.223 e. The van der Waals surface area contributed by atoms with E-state index in [-0.39, 0.29) is 12.4 Å². The molecular weight excluding hydrogens is 380 g/mol. The van der Waals surface area contributed by atoms with Crippen LogP contribution in [0.15, 0.2) is 28.7 Å². The van der Waals surface area contributed by atoms with E-state index in [0.29, 0.717) is 31.0 Å². The number of hydrogen-bond donors (Lipinski definition) is 1. The highest BCUT2D eigenvalue weighted by atomic mass is 79.9. The van der Waals surface area contributed by atoms with Crippen LogP contribution in [0.4, 0.5) is 0 Å². The second-order valence-corrected chi connectivity index (χ2v) is 6.92. The minimum Gasteiger partial charge on any atom is -0.492 e. The van der Waals surface area contributed by atoms with Crippen LogP contribution in [0.2, 0.25) is 0 Å². The van der Waals surface area contributed by atoms with E-state index in [1.165, 1.54) is 6.42 Å². The smallest absolute Gasteiger partial charge is 0.223 e. The summed E-state index contributed by atoms with van der Waals surface area (Å²) in [4.78, 5) is 14.7. The van der Waals surface area contributed by atoms with Gasteiger partial charge in [0.2, 0.25) is 5.91 Å². The number of rotatable bonds is 5. The number of nitrogens with one attached hydrogen (secondary N) is 1. The van der Waals surface area contributed by atoms with Crippen molar-refractivity contribution in [1.82, 2.24) is 10.2 Å². The number of amides is 1. The van der Waals surface area contributed by atoms with Crippen molar-refractivity contribution in [2.45, 2.75) is 44.2 Å². The number of halogens is 2. The normalized spacial score (nSPS) is 23.1. The molecule has 1 amide bonds. The fourth-order valence-electron chi connectivity index (χ4n) is 3.49. The summed E-state index contributed by atoms with van der Waals surface area (Å²) >= 11 is 3.47. The van der Waals surface area contributed by atoms with Crippen LogP contribution in [0.3, 0.4) is 0 Å². The number of nitrogens with zero attached hydrogens (tertiary/aromatic N) is 1. The van der Waals surface area contributed by atoms with Gasteiger partial charge in [-0.15, -0.1) is 12.4 Å². The Labute approximate surface area is 152 Å². The van der Waals surface area contributed by atoms with Crippen molar-refractivity contribution in [3.63, 3.8) is 0 Å². The molecule has 0 aromatic heterocycles. The molecule has 2 bridgehead atoms. The summed E-state index contributed by atoms with van der Waals surface area (Å²) in [6, 6.07) is 8.67. The molecule has 2 heterocycles. The molecule has 0 saturated carbocycles. The monoisotopic (exact) mass is 402 g/mol. The van der Waals surface area contributed by atoms with Crippen LogP contribution in [-0.2, 0) is 4.79 Å². The van der Waals surface area contributed by atoms with Crippen molar-refractivity contribution in [3.05, 3.63) is 28.7 Å². The molecule has 2 saturated heterocycles. The molecule has 1 N–H and O–H groups in total. The summed E-state index contributed by atoms with van der Waals surface area (Å²) in [6.07, 6.45) is 4.76. The van der Waals surface area contributed by atoms with E-state index in [0.717, 1.165) is 42.6 Å². The molecule has 2 aliphatic rings. The van der Waals surface area contributed by atoms with E-state index in [9.17, 15) is 4.79 Å². The van der Waals surface area contributed by atoms with Crippen molar-refractivity contribution in [3.8, 4) is 5.75 Å². The van der Waals surface area contributed by atoms with Crippen LogP contribution in [0.5, 0.6) is 5.75 Å². The molecule has 0 radical (unpaired) electrons. The second kappa shape index (κ2) is 8.90. The molecule has 6 heteroatoms. The minimum atomic E-state index is 0. The molecule has 3 rings (SSSR count). The Morgan fingerprint density at radius 3 is 2.87 bits per heavy atom. The molecule has 4 nitrogen and oxygen atoms in total. The SMILES string of the molecule is Cl.O=C(CCCOc1ccccc1Br)N1C2CCNCC1CC2. The van der Waals surface area contributed by atoms with Gasteiger partial charge in [0.15, 0.2) is 0 Å². The summed E-state index contributed by atoms with van der Waals surface area (Å²) in [6.45, 7) is 2.57. The summed E-state index contributed by atoms with van der Waals surface area (Å²) < 4.78 is 6.69. The average Bonchev–Trinajstić information content (AvgIpc) is 2.78. The minimum absolute atomic E-state index is 0. The number of hydrogen-bond acceptors (Lipinski definition) is 3. The van der Waals surface area contributed by atoms with Crippen molar-refractivity contribution >= 4 is 34.2 Å². The molecule has 2 aliphatic heterocycles. The van der Waals surface area contributed by atoms with Crippen LogP contribution in [0.25, 0.3) is 0 Å². The molecule has 0 aliphatic carbocycles. The van der Waals surface area contributed by atoms with E-state index in [1.807, 2.05) is 24.3 Å². The molecule has 23 heavy (non-hydrogen) atoms. The Bertz CT molecular complexity index is 515. The topological polar surface area (TPSA) is 41.6 Å². The van der Waals surface area contributed by atoms with Gasteiger partial charge < -0.3 is 15.0 Å². The van der Waals surface area contributed by atoms with Gasteiger partial charge in [-0.1, -0.05) is 12.1 Å². The van der Waals surface area contributed by atoms with E-state index < -0.39 is 0 Å². The first kappa shape index (κ1) is 18.6. The van der Waals surface area contributed by atoms with Gasteiger partial charge >= 0.3 is 0 Å². The predicted molar refractivity (Wildman–Crippen MR) is 97.3 cm³/mol. The van der Waals surface area contributed by atoms with Crippen molar-refractivity contribution in [2.75, 3.05) is 19.7 Å². The van der Waals surface area contributed by atoms with Gasteiger partial charge in [0, 0.05) is 25.0 Å². The Morgan fingerprint density at radius 1 is 1.26 bits per heavy atom. The highest BCUT2D eigenvalue weighted by molar-refractivity contribution is 9.10. The van der Waals surface area contributed by atoms with E-state index >= 15 is 0 Å². The van der Waals surface area contributed by atoms with Crippen molar-refractivity contribution in [2.24, 2.45) is 0 Å². The van der Waals surface area contributed by atoms with Crippen LogP contribution >= 0.6 is 28.3 Å². The molecule has 128 valence electrons. The number of carbonyl (C=O) groups excluding carboxylic acids is 1. The molecule has 0 spiro atoms. The third-order valence-electron chi connectivity index (χ3n) is 4.57. The number of carbonyl (C=O) groups is 1. The van der Waals surface area contributed by atoms with Gasteiger partial charge in [-0.2, -0.15) is 0 Å². The lowest BCUT2D eigenvalue weighted by Gasteiger charge is -2.28. The lowest BCUT2D eigenvalue weighted by molar-refractivity contribution is -0.134. The first-order chi connectivity index (χ1) is 10.8. The summed E-state index contributed by atoms with van der Waals surface area (Å²) in [5, 5.41) is 3.43. The van der Waals surface area contributed by atoms with E-state index in [4.69, 9.17) is 4.74 Å². The van der Waals surface area contributed by atoms with Gasteiger partial charge in [0.25, 0.3) is 0 Å². The van der Waals surface area contributed by atoms with Gasteiger partial charge in [0.1, 0.15) is 5.75 Å². The largest absolute Gasteiger partial charge is 0.492 e. The first-order valence-electron chi connectivity index (χ1n) is 8.15. The summed E-state index contributed by atoms with van der Waals surface area (Å²) in [5.74, 6) is 1.14. The lowest BCUT2D eigenvalue weighted by atomic mass is 10.1. The zero-order valence-corrected chi connectivity index (χ0v) is 15.6. The number of fused-ring (bicyclic) bond motifs is 2. The Hall–Kier alpha value is -0.780. The van der Waals surface area contributed by atoms with Crippen LogP contribution in [0, 0.1) is 0 Å². The number of benzene rings is 1. The summed E-state index contributed by atoms with van der Waals surface area (Å²) in [5.41, 5.74) is 0. The number of para-hydroxylation sites is 1. The van der Waals surface area contributed by atoms with Crippen LogP contribution in [-0.4, -0.2) is 42.6 Å². The van der Waals surface area contributed by atoms with Gasteiger partial charge in [-0.3, -0.25) is 4.79 Å². The zero-order valence-electron chi connectivity index (χ0n) is 13.2. The fraction of sp³-hybridized carbons (Fsp3) is 0.588. The lowest BCUT2D eigenvalue weighted by Crippen LogP contribution is -2.42. The summed E-state index contributed by atoms with van der Waals surface area (Å²) in [7, 11) is 0. The van der Waals surface area contributed by atoms with E-state index in [1.54, 1.807) is 0 Å². The quantitative estimate of drug-likeness (QED) is 0.766. The van der Waals surface area contributed by atoms with Gasteiger partial charge in [-0.25, -0.2) is 0 Å². The van der Waals surface area contributed by atoms with Crippen molar-refractivity contribution in [1.29, 1.82) is 0 Å². The standard InChI is InChI=1S/C17H23BrN2O2.ClH/c18-15-4-1-2-5-16(15)22-11-3-6-17(21)20-13-7-8-14(20)12-19-10-9-13;/h1-2,4-5,13-14,19H,3,6-12H2;1H. The molecule has 2 fully saturated rings. The van der Waals surface area contributed by atoms with Gasteiger partial charge in [-0.05, 0) is 60.3 Å². The molecule has 2 unspecified atom stereocenters. The average molecular weight is 404 g/mol. The maximum absolute atomic E-state index is 12.5. The Morgan fingerprint density at radius 2 is 2.04 bits per heavy atom. The van der Waals surface area contributed by atoms with Gasteiger partial charge in [0.05, 0.1) is 11.1 Å². The zero-order chi connectivity index (χ0) is 15.4. The van der Waals surface area contributed by atoms with Crippen LogP contribution < -0.4 is 10.1 Å². The third kappa shape index (κ3) is 4.61. The molecular formula is C17H24BrClN2O2. The predicted octanol–water partition coefficient (Wildman–Crippen LogP) is 3.38. The highest BCUT2D eigenvalue weighted by Crippen LogP contribution is 2.29. The van der Waals surface area contributed by atoms with Crippen molar-refractivity contribution < 1.29 is 9.53 Å². The second-order valence-electron chi connectivity index (χ2n) is 6.06. The fourth-order valence-corrected chi connectivity index (χ4v) is 3.89. The maximum atomic E-state index is 12.5. The highest BCUT2D eigenvalue weighted by Gasteiger charge is 2.37. The Kier molecular flexibility index (Phi) is 7.18. The first-order valence-corrected chi connectivity index (χ1v) is 8.94. The Balaban J connectivity index is 0.00000192.